The summed E-state index contributed by atoms with van der Waals surface area (Å²) in [5.41, 5.74) is 0. The van der Waals surface area contributed by atoms with E-state index < -0.39 is 5.97 Å². The van der Waals surface area contributed by atoms with Crippen LogP contribution in [0.4, 0.5) is 5.95 Å². The van der Waals surface area contributed by atoms with Crippen LogP contribution in [0.25, 0.3) is 0 Å². The zero-order chi connectivity index (χ0) is 11.1. The molecule has 1 heterocycles. The normalized spacial score (nSPS) is 9.67. The third kappa shape index (κ3) is 4.16. The van der Waals surface area contributed by atoms with Gasteiger partial charge in [0.1, 0.15) is 0 Å². The van der Waals surface area contributed by atoms with Crippen molar-refractivity contribution >= 4 is 17.8 Å². The van der Waals surface area contributed by atoms with Crippen molar-refractivity contribution in [1.82, 2.24) is 20.6 Å². The predicted octanol–water partition coefficient (Wildman–Crippen LogP) is -0.519. The Morgan fingerprint density at radius 2 is 2.27 bits per heavy atom. The third-order valence-corrected chi connectivity index (χ3v) is 1.46. The lowest BCUT2D eigenvalue weighted by Gasteiger charge is -2.01. The van der Waals surface area contributed by atoms with Gasteiger partial charge in [-0.2, -0.15) is 0 Å². The highest BCUT2D eigenvalue weighted by atomic mass is 16.5. The number of nitrogens with one attached hydrogen (secondary N) is 2. The molecule has 82 valence electrons. The first-order valence-corrected chi connectivity index (χ1v) is 4.41. The van der Waals surface area contributed by atoms with Crippen LogP contribution in [0.3, 0.4) is 0 Å². The number of esters is 1. The molecule has 8 heteroatoms. The molecule has 0 saturated carbocycles. The molecule has 1 aromatic rings. The summed E-state index contributed by atoms with van der Waals surface area (Å²) in [5, 5.41) is 14.7. The monoisotopic (exact) mass is 213 g/mol. The molecule has 0 bridgehead atoms. The van der Waals surface area contributed by atoms with Crippen LogP contribution in [0.15, 0.2) is 0 Å². The van der Waals surface area contributed by atoms with Gasteiger partial charge in [0.15, 0.2) is 0 Å². The average molecular weight is 213 g/mol. The van der Waals surface area contributed by atoms with Crippen molar-refractivity contribution in [2.24, 2.45) is 0 Å². The van der Waals surface area contributed by atoms with Gasteiger partial charge in [-0.3, -0.25) is 14.9 Å². The van der Waals surface area contributed by atoms with Crippen molar-refractivity contribution in [3.05, 3.63) is 0 Å². The molecule has 1 aromatic heterocycles. The molecule has 0 aliphatic heterocycles. The topological polar surface area (TPSA) is 110 Å². The quantitative estimate of drug-likeness (QED) is 0.637. The molecule has 1 rings (SSSR count). The lowest BCUT2D eigenvalue weighted by molar-refractivity contribution is -0.144. The fraction of sp³-hybridized carbons (Fsp3) is 0.571. The summed E-state index contributed by atoms with van der Waals surface area (Å²) in [6.07, 6.45) is 0.0841. The van der Waals surface area contributed by atoms with Crippen molar-refractivity contribution in [2.75, 3.05) is 11.9 Å². The van der Waals surface area contributed by atoms with Gasteiger partial charge in [0, 0.05) is 6.42 Å². The largest absolute Gasteiger partial charge is 0.466 e. The molecule has 0 spiro atoms. The van der Waals surface area contributed by atoms with Crippen LogP contribution in [0, 0.1) is 0 Å². The molecule has 8 nitrogen and oxygen atoms in total. The molecule has 0 aliphatic rings. The number of aromatic amines is 1. The number of carbonyl (C=O) groups is 2. The van der Waals surface area contributed by atoms with Gasteiger partial charge in [-0.05, 0) is 17.4 Å². The number of aromatic nitrogens is 4. The van der Waals surface area contributed by atoms with Crippen molar-refractivity contribution < 1.29 is 14.3 Å². The van der Waals surface area contributed by atoms with Gasteiger partial charge in [0.2, 0.25) is 11.9 Å². The number of amides is 1. The van der Waals surface area contributed by atoms with Crippen molar-refractivity contribution in [3.8, 4) is 0 Å². The molecule has 0 radical (unpaired) electrons. The van der Waals surface area contributed by atoms with Crippen LogP contribution >= 0.6 is 0 Å². The van der Waals surface area contributed by atoms with Gasteiger partial charge in [-0.25, -0.2) is 5.10 Å². The molecule has 1 amide bonds. The van der Waals surface area contributed by atoms with E-state index in [2.05, 4.69) is 30.7 Å². The van der Waals surface area contributed by atoms with Gasteiger partial charge in [-0.1, -0.05) is 5.10 Å². The molecule has 0 aliphatic carbocycles. The summed E-state index contributed by atoms with van der Waals surface area (Å²) in [7, 11) is 0. The highest BCUT2D eigenvalue weighted by Crippen LogP contribution is 1.97. The van der Waals surface area contributed by atoms with E-state index in [-0.39, 0.29) is 24.7 Å². The molecule has 2 N–H and O–H groups in total. The molecule has 0 saturated heterocycles. The van der Waals surface area contributed by atoms with Gasteiger partial charge in [-0.15, -0.1) is 0 Å². The van der Waals surface area contributed by atoms with E-state index in [1.165, 1.54) is 0 Å². The van der Waals surface area contributed by atoms with Crippen LogP contribution in [0.5, 0.6) is 0 Å². The lowest BCUT2D eigenvalue weighted by atomic mass is 10.3. The van der Waals surface area contributed by atoms with Crippen LogP contribution in [0.1, 0.15) is 19.8 Å². The van der Waals surface area contributed by atoms with E-state index in [9.17, 15) is 9.59 Å². The standard InChI is InChI=1S/C7H11N5O3/c1-2-15-6(14)4-3-5(13)8-7-9-11-12-10-7/h2-4H2,1H3,(H2,8,9,10,11,12,13). The van der Waals surface area contributed by atoms with Crippen LogP contribution < -0.4 is 5.32 Å². The maximum Gasteiger partial charge on any atom is 0.306 e. The average Bonchev–Trinajstić information content (AvgIpc) is 2.68. The predicted molar refractivity (Wildman–Crippen MR) is 48.7 cm³/mol. The molecular weight excluding hydrogens is 202 g/mol. The number of hydrogen-bond donors (Lipinski definition) is 2. The fourth-order valence-electron chi connectivity index (χ4n) is 0.855. The summed E-state index contributed by atoms with van der Waals surface area (Å²) in [6.45, 7) is 2.02. The Bertz CT molecular complexity index is 323. The van der Waals surface area contributed by atoms with Gasteiger partial charge in [0.05, 0.1) is 13.0 Å². The van der Waals surface area contributed by atoms with E-state index >= 15 is 0 Å². The summed E-state index contributed by atoms with van der Waals surface area (Å²) < 4.78 is 4.66. The Hall–Kier alpha value is -1.99. The first-order valence-electron chi connectivity index (χ1n) is 4.41. The Morgan fingerprint density at radius 1 is 1.47 bits per heavy atom. The number of hydrogen-bond acceptors (Lipinski definition) is 6. The Balaban J connectivity index is 2.22. The van der Waals surface area contributed by atoms with Crippen LogP contribution in [-0.4, -0.2) is 39.1 Å². The zero-order valence-electron chi connectivity index (χ0n) is 8.19. The number of nitrogens with zero attached hydrogens (tertiary/aromatic N) is 3. The first kappa shape index (κ1) is 11.1. The Labute approximate surface area is 85.4 Å². The highest BCUT2D eigenvalue weighted by molar-refractivity contribution is 5.90. The number of H-pyrrole nitrogens is 1. The number of anilines is 1. The Kier molecular flexibility index (Phi) is 4.20. The van der Waals surface area contributed by atoms with Gasteiger partial charge in [0.25, 0.3) is 0 Å². The van der Waals surface area contributed by atoms with Crippen LogP contribution in [-0.2, 0) is 14.3 Å². The van der Waals surface area contributed by atoms with Crippen molar-refractivity contribution in [3.63, 3.8) is 0 Å². The lowest BCUT2D eigenvalue weighted by Crippen LogP contribution is -2.15. The Morgan fingerprint density at radius 3 is 2.87 bits per heavy atom. The van der Waals surface area contributed by atoms with E-state index in [0.29, 0.717) is 6.61 Å². The number of rotatable bonds is 5. The minimum atomic E-state index is -0.400. The molecule has 0 unspecified atom stereocenters. The van der Waals surface area contributed by atoms with E-state index in [1.807, 2.05) is 0 Å². The van der Waals surface area contributed by atoms with E-state index in [4.69, 9.17) is 0 Å². The molecule has 0 atom stereocenters. The molecular formula is C7H11N5O3. The number of tetrazole rings is 1. The second kappa shape index (κ2) is 5.68. The second-order valence-corrected chi connectivity index (χ2v) is 2.60. The highest BCUT2D eigenvalue weighted by Gasteiger charge is 2.08. The third-order valence-electron chi connectivity index (χ3n) is 1.46. The second-order valence-electron chi connectivity index (χ2n) is 2.60. The molecule has 15 heavy (non-hydrogen) atoms. The van der Waals surface area contributed by atoms with Gasteiger partial charge >= 0.3 is 5.97 Å². The van der Waals surface area contributed by atoms with Crippen LogP contribution in [0.2, 0.25) is 0 Å². The SMILES string of the molecule is CCOC(=O)CCC(=O)Nc1nnn[nH]1. The zero-order valence-corrected chi connectivity index (χ0v) is 8.19. The number of carbonyl (C=O) groups excluding carboxylic acids is 2. The summed E-state index contributed by atoms with van der Waals surface area (Å²) in [5.74, 6) is -0.589. The summed E-state index contributed by atoms with van der Waals surface area (Å²) in [4.78, 5) is 22.1. The van der Waals surface area contributed by atoms with Gasteiger partial charge < -0.3 is 4.74 Å². The first-order chi connectivity index (χ1) is 7.22. The minimum absolute atomic E-state index is 0.0412. The summed E-state index contributed by atoms with van der Waals surface area (Å²) in [6, 6.07) is 0. The van der Waals surface area contributed by atoms with Crippen molar-refractivity contribution in [1.29, 1.82) is 0 Å². The molecule has 0 fully saturated rings. The smallest absolute Gasteiger partial charge is 0.306 e. The van der Waals surface area contributed by atoms with E-state index in [0.717, 1.165) is 0 Å². The maximum atomic E-state index is 11.2. The minimum Gasteiger partial charge on any atom is -0.466 e. The summed E-state index contributed by atoms with van der Waals surface area (Å²) >= 11 is 0. The number of ether oxygens (including phenoxy) is 1. The van der Waals surface area contributed by atoms with E-state index in [1.54, 1.807) is 6.92 Å². The van der Waals surface area contributed by atoms with Crippen molar-refractivity contribution in [2.45, 2.75) is 19.8 Å². The maximum absolute atomic E-state index is 11.2. The fourth-order valence-corrected chi connectivity index (χ4v) is 0.855. The molecule has 0 aromatic carbocycles.